The van der Waals surface area contributed by atoms with Crippen molar-refractivity contribution in [1.29, 1.82) is 5.26 Å². The number of esters is 1. The first-order valence-electron chi connectivity index (χ1n) is 6.65. The first-order valence-corrected chi connectivity index (χ1v) is 6.65. The standard InChI is InChI=1S/C13H22N2O3/c1-2-17-13(16)6-4-3-5-7-15-8-9-18-12(10-14)11-15/h12H,2-9,11H2,1H3. The highest BCUT2D eigenvalue weighted by Crippen LogP contribution is 2.07. The molecule has 1 unspecified atom stereocenters. The van der Waals surface area contributed by atoms with Crippen molar-refractivity contribution in [2.75, 3.05) is 32.8 Å². The van der Waals surface area contributed by atoms with Gasteiger partial charge < -0.3 is 9.47 Å². The number of nitriles is 1. The van der Waals surface area contributed by atoms with Gasteiger partial charge >= 0.3 is 5.97 Å². The van der Waals surface area contributed by atoms with Gasteiger partial charge in [0.15, 0.2) is 6.10 Å². The highest BCUT2D eigenvalue weighted by Gasteiger charge is 2.18. The van der Waals surface area contributed by atoms with Gasteiger partial charge in [-0.25, -0.2) is 0 Å². The number of unbranched alkanes of at least 4 members (excludes halogenated alkanes) is 2. The Morgan fingerprint density at radius 1 is 1.50 bits per heavy atom. The molecule has 0 N–H and O–H groups in total. The molecule has 0 radical (unpaired) electrons. The smallest absolute Gasteiger partial charge is 0.305 e. The molecule has 0 aliphatic carbocycles. The van der Waals surface area contributed by atoms with Crippen LogP contribution in [0.5, 0.6) is 0 Å². The molecule has 1 aliphatic heterocycles. The number of carbonyl (C=O) groups excluding carboxylic acids is 1. The van der Waals surface area contributed by atoms with Gasteiger partial charge in [-0.05, 0) is 26.3 Å². The Hall–Kier alpha value is -1.12. The van der Waals surface area contributed by atoms with Crippen LogP contribution in [0.15, 0.2) is 0 Å². The van der Waals surface area contributed by atoms with E-state index in [1.807, 2.05) is 6.92 Å². The van der Waals surface area contributed by atoms with Crippen LogP contribution in [0.3, 0.4) is 0 Å². The molecule has 0 spiro atoms. The van der Waals surface area contributed by atoms with Crippen LogP contribution in [-0.4, -0.2) is 49.8 Å². The first kappa shape index (κ1) is 14.9. The fraction of sp³-hybridized carbons (Fsp3) is 0.846. The number of hydrogen-bond donors (Lipinski definition) is 0. The van der Waals surface area contributed by atoms with Gasteiger partial charge in [-0.1, -0.05) is 6.42 Å². The molecule has 102 valence electrons. The second-order valence-electron chi connectivity index (χ2n) is 4.40. The fourth-order valence-corrected chi connectivity index (χ4v) is 2.00. The lowest BCUT2D eigenvalue weighted by atomic mass is 10.2. The molecule has 0 aromatic rings. The van der Waals surface area contributed by atoms with Crippen molar-refractivity contribution in [1.82, 2.24) is 4.90 Å². The van der Waals surface area contributed by atoms with E-state index >= 15 is 0 Å². The van der Waals surface area contributed by atoms with E-state index in [4.69, 9.17) is 14.7 Å². The van der Waals surface area contributed by atoms with Crippen molar-refractivity contribution in [3.05, 3.63) is 0 Å². The van der Waals surface area contributed by atoms with Crippen LogP contribution in [0.4, 0.5) is 0 Å². The molecular formula is C13H22N2O3. The zero-order chi connectivity index (χ0) is 13.2. The van der Waals surface area contributed by atoms with Crippen LogP contribution in [-0.2, 0) is 14.3 Å². The lowest BCUT2D eigenvalue weighted by molar-refractivity contribution is -0.143. The average Bonchev–Trinajstić information content (AvgIpc) is 2.39. The summed E-state index contributed by atoms with van der Waals surface area (Å²) in [6.45, 7) is 5.50. The van der Waals surface area contributed by atoms with Crippen molar-refractivity contribution in [2.24, 2.45) is 0 Å². The Balaban J connectivity index is 2.01. The zero-order valence-corrected chi connectivity index (χ0v) is 11.1. The SMILES string of the molecule is CCOC(=O)CCCCCN1CCOC(C#N)C1. The molecule has 0 bridgehead atoms. The maximum Gasteiger partial charge on any atom is 0.305 e. The van der Waals surface area contributed by atoms with Gasteiger partial charge in [-0.3, -0.25) is 9.69 Å². The summed E-state index contributed by atoms with van der Waals surface area (Å²) in [5.74, 6) is -0.103. The van der Waals surface area contributed by atoms with Crippen LogP contribution in [0.2, 0.25) is 0 Å². The topological polar surface area (TPSA) is 62.6 Å². The summed E-state index contributed by atoms with van der Waals surface area (Å²) >= 11 is 0. The van der Waals surface area contributed by atoms with E-state index in [9.17, 15) is 4.79 Å². The number of carbonyl (C=O) groups is 1. The highest BCUT2D eigenvalue weighted by atomic mass is 16.5. The van der Waals surface area contributed by atoms with E-state index in [2.05, 4.69) is 11.0 Å². The Morgan fingerprint density at radius 2 is 2.33 bits per heavy atom. The Morgan fingerprint density at radius 3 is 3.06 bits per heavy atom. The molecule has 1 rings (SSSR count). The fourth-order valence-electron chi connectivity index (χ4n) is 2.00. The molecule has 0 saturated carbocycles. The summed E-state index contributed by atoms with van der Waals surface area (Å²) in [6, 6.07) is 2.14. The van der Waals surface area contributed by atoms with E-state index in [-0.39, 0.29) is 12.1 Å². The molecule has 1 aliphatic rings. The van der Waals surface area contributed by atoms with Gasteiger partial charge in [0.2, 0.25) is 0 Å². The summed E-state index contributed by atoms with van der Waals surface area (Å²) in [7, 11) is 0. The van der Waals surface area contributed by atoms with Crippen LogP contribution in [0, 0.1) is 11.3 Å². The van der Waals surface area contributed by atoms with E-state index in [1.165, 1.54) is 0 Å². The van der Waals surface area contributed by atoms with Gasteiger partial charge in [-0.15, -0.1) is 0 Å². The van der Waals surface area contributed by atoms with Crippen molar-refractivity contribution >= 4 is 5.97 Å². The van der Waals surface area contributed by atoms with E-state index in [0.29, 0.717) is 26.2 Å². The van der Waals surface area contributed by atoms with E-state index in [1.54, 1.807) is 0 Å². The molecular weight excluding hydrogens is 232 g/mol. The predicted octanol–water partition coefficient (Wildman–Crippen LogP) is 1.33. The molecule has 18 heavy (non-hydrogen) atoms. The molecule has 1 atom stereocenters. The highest BCUT2D eigenvalue weighted by molar-refractivity contribution is 5.69. The number of nitrogens with zero attached hydrogens (tertiary/aromatic N) is 2. The summed E-state index contributed by atoms with van der Waals surface area (Å²) in [6.07, 6.45) is 3.19. The Kier molecular flexibility index (Phi) is 7.38. The summed E-state index contributed by atoms with van der Waals surface area (Å²) < 4.78 is 10.1. The number of morpholine rings is 1. The molecule has 5 nitrogen and oxygen atoms in total. The number of hydrogen-bond acceptors (Lipinski definition) is 5. The van der Waals surface area contributed by atoms with Crippen LogP contribution < -0.4 is 0 Å². The summed E-state index contributed by atoms with van der Waals surface area (Å²) in [4.78, 5) is 13.4. The van der Waals surface area contributed by atoms with Crippen molar-refractivity contribution in [3.63, 3.8) is 0 Å². The minimum atomic E-state index is -0.279. The van der Waals surface area contributed by atoms with E-state index < -0.39 is 0 Å². The third-order valence-corrected chi connectivity index (χ3v) is 2.96. The average molecular weight is 254 g/mol. The van der Waals surface area contributed by atoms with Crippen LogP contribution in [0.1, 0.15) is 32.6 Å². The number of rotatable bonds is 7. The van der Waals surface area contributed by atoms with Gasteiger partial charge in [0.1, 0.15) is 0 Å². The van der Waals surface area contributed by atoms with Crippen molar-refractivity contribution < 1.29 is 14.3 Å². The van der Waals surface area contributed by atoms with Gasteiger partial charge in [0.05, 0.1) is 19.3 Å². The number of ether oxygens (including phenoxy) is 2. The zero-order valence-electron chi connectivity index (χ0n) is 11.1. The molecule has 0 aromatic heterocycles. The maximum atomic E-state index is 11.1. The Labute approximate surface area is 109 Å². The molecule has 1 saturated heterocycles. The lowest BCUT2D eigenvalue weighted by Gasteiger charge is -2.29. The summed E-state index contributed by atoms with van der Waals surface area (Å²) in [5, 5.41) is 8.78. The maximum absolute atomic E-state index is 11.1. The molecule has 0 amide bonds. The first-order chi connectivity index (χ1) is 8.76. The normalized spacial score (nSPS) is 20.3. The molecule has 1 fully saturated rings. The second-order valence-corrected chi connectivity index (χ2v) is 4.40. The van der Waals surface area contributed by atoms with Crippen LogP contribution in [0.25, 0.3) is 0 Å². The van der Waals surface area contributed by atoms with Crippen molar-refractivity contribution in [3.8, 4) is 6.07 Å². The molecule has 1 heterocycles. The third kappa shape index (κ3) is 5.99. The van der Waals surface area contributed by atoms with Gasteiger partial charge in [0.25, 0.3) is 0 Å². The van der Waals surface area contributed by atoms with Gasteiger partial charge in [-0.2, -0.15) is 5.26 Å². The monoisotopic (exact) mass is 254 g/mol. The minimum absolute atomic E-state index is 0.103. The van der Waals surface area contributed by atoms with Crippen molar-refractivity contribution in [2.45, 2.75) is 38.7 Å². The van der Waals surface area contributed by atoms with Crippen LogP contribution >= 0.6 is 0 Å². The largest absolute Gasteiger partial charge is 0.466 e. The predicted molar refractivity (Wildman–Crippen MR) is 66.9 cm³/mol. The summed E-state index contributed by atoms with van der Waals surface area (Å²) in [5.41, 5.74) is 0. The Bertz CT molecular complexity index is 288. The second kappa shape index (κ2) is 8.90. The molecule has 5 heteroatoms. The van der Waals surface area contributed by atoms with Gasteiger partial charge in [0, 0.05) is 19.5 Å². The third-order valence-electron chi connectivity index (χ3n) is 2.96. The quantitative estimate of drug-likeness (QED) is 0.506. The van der Waals surface area contributed by atoms with E-state index in [0.717, 1.165) is 32.4 Å². The molecule has 0 aromatic carbocycles. The lowest BCUT2D eigenvalue weighted by Crippen LogP contribution is -2.42. The minimum Gasteiger partial charge on any atom is -0.466 e.